The number of amides is 2. The number of nitriles is 1. The van der Waals surface area contributed by atoms with Gasteiger partial charge in [-0.25, -0.2) is 0 Å². The first-order chi connectivity index (χ1) is 12.7. The molecule has 138 valence electrons. The number of hydrogen-bond donors (Lipinski definition) is 2. The summed E-state index contributed by atoms with van der Waals surface area (Å²) in [6.45, 7) is 6.39. The smallest absolute Gasteiger partial charge is 0.240 e. The van der Waals surface area contributed by atoms with Gasteiger partial charge in [-0.15, -0.1) is 0 Å². The largest absolute Gasteiger partial charge is 0.325 e. The number of nitrogens with zero attached hydrogens (tertiary/aromatic N) is 1. The molecule has 0 aromatic heterocycles. The Hall–Kier alpha value is -3.13. The first kappa shape index (κ1) is 18.7. The van der Waals surface area contributed by atoms with E-state index in [2.05, 4.69) is 31.4 Å². The zero-order chi connectivity index (χ0) is 19.7. The van der Waals surface area contributed by atoms with Crippen molar-refractivity contribution in [3.63, 3.8) is 0 Å². The van der Waals surface area contributed by atoms with E-state index in [1.54, 1.807) is 24.3 Å². The molecule has 2 amide bonds. The molecule has 1 fully saturated rings. The number of nitrogens with one attached hydrogen (secondary N) is 2. The molecule has 0 atom stereocenters. The van der Waals surface area contributed by atoms with Crippen LogP contribution in [0.25, 0.3) is 0 Å². The monoisotopic (exact) mass is 361 g/mol. The van der Waals surface area contributed by atoms with Crippen LogP contribution >= 0.6 is 0 Å². The zero-order valence-electron chi connectivity index (χ0n) is 15.8. The minimum absolute atomic E-state index is 0.0398. The molecule has 2 N–H and O–H groups in total. The minimum atomic E-state index is -1.04. The highest BCUT2D eigenvalue weighted by molar-refractivity contribution is 6.16. The molecule has 0 radical (unpaired) electrons. The van der Waals surface area contributed by atoms with Gasteiger partial charge < -0.3 is 10.6 Å². The van der Waals surface area contributed by atoms with Gasteiger partial charge in [-0.3, -0.25) is 9.59 Å². The normalized spacial score (nSPS) is 14.7. The summed E-state index contributed by atoms with van der Waals surface area (Å²) >= 11 is 0. The molecule has 0 spiro atoms. The van der Waals surface area contributed by atoms with Crippen LogP contribution in [-0.2, 0) is 15.0 Å². The molecular formula is C22H23N3O2. The Morgan fingerprint density at radius 1 is 0.963 bits per heavy atom. The summed E-state index contributed by atoms with van der Waals surface area (Å²) in [5.74, 6) is -0.624. The number of carbonyl (C=O) groups excluding carboxylic acids is 2. The van der Waals surface area contributed by atoms with Gasteiger partial charge in [-0.2, -0.15) is 5.26 Å². The summed E-state index contributed by atoms with van der Waals surface area (Å²) in [6, 6.07) is 16.4. The molecule has 0 bridgehead atoms. The van der Waals surface area contributed by atoms with Crippen LogP contribution in [0.2, 0.25) is 0 Å². The Kier molecular flexibility index (Phi) is 4.75. The maximum absolute atomic E-state index is 12.7. The molecule has 2 aromatic carbocycles. The second kappa shape index (κ2) is 6.88. The lowest BCUT2D eigenvalue weighted by Crippen LogP contribution is -2.35. The number of rotatable bonds is 4. The third-order valence-electron chi connectivity index (χ3n) is 4.88. The van der Waals surface area contributed by atoms with E-state index in [1.807, 2.05) is 30.3 Å². The molecule has 0 aliphatic heterocycles. The number of anilines is 2. The van der Waals surface area contributed by atoms with Gasteiger partial charge in [0, 0.05) is 11.4 Å². The number of carbonyl (C=O) groups is 2. The van der Waals surface area contributed by atoms with Crippen molar-refractivity contribution >= 4 is 23.2 Å². The molecule has 1 aliphatic carbocycles. The summed E-state index contributed by atoms with van der Waals surface area (Å²) in [7, 11) is 0. The Morgan fingerprint density at radius 3 is 2.07 bits per heavy atom. The van der Waals surface area contributed by atoms with Crippen LogP contribution in [0.15, 0.2) is 48.5 Å². The molecule has 3 rings (SSSR count). The van der Waals surface area contributed by atoms with E-state index in [0.717, 1.165) is 0 Å². The predicted molar refractivity (Wildman–Crippen MR) is 105 cm³/mol. The number of hydrogen-bond acceptors (Lipinski definition) is 3. The molecule has 5 heteroatoms. The van der Waals surface area contributed by atoms with Crippen LogP contribution in [-0.4, -0.2) is 11.8 Å². The van der Waals surface area contributed by atoms with Crippen molar-refractivity contribution in [2.45, 2.75) is 39.0 Å². The third-order valence-corrected chi connectivity index (χ3v) is 4.88. The van der Waals surface area contributed by atoms with Gasteiger partial charge in [0.15, 0.2) is 0 Å². The average Bonchev–Trinajstić information content (AvgIpc) is 3.43. The van der Waals surface area contributed by atoms with Crippen LogP contribution in [0, 0.1) is 16.7 Å². The fourth-order valence-electron chi connectivity index (χ4n) is 2.90. The highest BCUT2D eigenvalue weighted by Gasteiger charge is 2.56. The lowest BCUT2D eigenvalue weighted by molar-refractivity contribution is -0.131. The zero-order valence-corrected chi connectivity index (χ0v) is 15.8. The van der Waals surface area contributed by atoms with Crippen LogP contribution < -0.4 is 10.6 Å². The maximum Gasteiger partial charge on any atom is 0.240 e. The van der Waals surface area contributed by atoms with Gasteiger partial charge in [0.25, 0.3) is 0 Å². The molecule has 2 aromatic rings. The first-order valence-corrected chi connectivity index (χ1v) is 8.98. The second-order valence-electron chi connectivity index (χ2n) is 8.01. The second-order valence-corrected chi connectivity index (χ2v) is 8.01. The van der Waals surface area contributed by atoms with Crippen molar-refractivity contribution in [3.8, 4) is 6.07 Å². The van der Waals surface area contributed by atoms with Crippen molar-refractivity contribution in [2.24, 2.45) is 5.41 Å². The lowest BCUT2D eigenvalue weighted by atomic mass is 9.87. The van der Waals surface area contributed by atoms with Crippen molar-refractivity contribution in [1.29, 1.82) is 5.26 Å². The Labute approximate surface area is 159 Å². The minimum Gasteiger partial charge on any atom is -0.325 e. The van der Waals surface area contributed by atoms with E-state index in [-0.39, 0.29) is 17.2 Å². The number of benzene rings is 2. The standard InChI is InChI=1S/C22H23N3O2/c1-21(2,3)16-7-9-17(10-8-16)24-19(26)22(11-12-22)20(27)25-18-6-4-5-15(13-18)14-23/h4-10,13H,11-12H2,1-3H3,(H,24,26)(H,25,27). The summed E-state index contributed by atoms with van der Waals surface area (Å²) in [4.78, 5) is 25.4. The molecular weight excluding hydrogens is 338 g/mol. The highest BCUT2D eigenvalue weighted by Crippen LogP contribution is 2.47. The van der Waals surface area contributed by atoms with Crippen molar-refractivity contribution < 1.29 is 9.59 Å². The van der Waals surface area contributed by atoms with Crippen molar-refractivity contribution in [3.05, 3.63) is 59.7 Å². The molecule has 1 aliphatic rings. The van der Waals surface area contributed by atoms with Gasteiger partial charge in [0.1, 0.15) is 5.41 Å². The van der Waals surface area contributed by atoms with Crippen LogP contribution in [0.1, 0.15) is 44.7 Å². The van der Waals surface area contributed by atoms with Gasteiger partial charge >= 0.3 is 0 Å². The molecule has 5 nitrogen and oxygen atoms in total. The Morgan fingerprint density at radius 2 is 1.56 bits per heavy atom. The van der Waals surface area contributed by atoms with Crippen LogP contribution in [0.5, 0.6) is 0 Å². The summed E-state index contributed by atoms with van der Waals surface area (Å²) in [5, 5.41) is 14.6. The highest BCUT2D eigenvalue weighted by atomic mass is 16.2. The van der Waals surface area contributed by atoms with Crippen molar-refractivity contribution in [1.82, 2.24) is 0 Å². The van der Waals surface area contributed by atoms with E-state index in [1.165, 1.54) is 5.56 Å². The van der Waals surface area contributed by atoms with Gasteiger partial charge in [0.05, 0.1) is 11.6 Å². The Bertz CT molecular complexity index is 914. The lowest BCUT2D eigenvalue weighted by Gasteiger charge is -2.20. The fourth-order valence-corrected chi connectivity index (χ4v) is 2.90. The Balaban J connectivity index is 1.68. The van der Waals surface area contributed by atoms with E-state index >= 15 is 0 Å². The van der Waals surface area contributed by atoms with Crippen LogP contribution in [0.3, 0.4) is 0 Å². The molecule has 1 saturated carbocycles. The van der Waals surface area contributed by atoms with Gasteiger partial charge in [-0.05, 0) is 54.2 Å². The topological polar surface area (TPSA) is 82.0 Å². The average molecular weight is 361 g/mol. The predicted octanol–water partition coefficient (Wildman–Crippen LogP) is 4.21. The molecule has 27 heavy (non-hydrogen) atoms. The van der Waals surface area contributed by atoms with E-state index in [0.29, 0.717) is 29.8 Å². The summed E-state index contributed by atoms with van der Waals surface area (Å²) in [6.07, 6.45) is 1.03. The van der Waals surface area contributed by atoms with Crippen molar-refractivity contribution in [2.75, 3.05) is 10.6 Å². The molecule has 0 unspecified atom stereocenters. The van der Waals surface area contributed by atoms with Gasteiger partial charge in [-0.1, -0.05) is 39.0 Å². The first-order valence-electron chi connectivity index (χ1n) is 8.98. The maximum atomic E-state index is 12.7. The summed E-state index contributed by atoms with van der Waals surface area (Å²) < 4.78 is 0. The fraction of sp³-hybridized carbons (Fsp3) is 0.318. The summed E-state index contributed by atoms with van der Waals surface area (Å²) in [5.41, 5.74) is 1.84. The van der Waals surface area contributed by atoms with E-state index in [4.69, 9.17) is 5.26 Å². The molecule has 0 heterocycles. The molecule has 0 saturated heterocycles. The SMILES string of the molecule is CC(C)(C)c1ccc(NC(=O)C2(C(=O)Nc3cccc(C#N)c3)CC2)cc1. The quantitative estimate of drug-likeness (QED) is 0.800. The van der Waals surface area contributed by atoms with E-state index in [9.17, 15) is 9.59 Å². The third kappa shape index (κ3) is 4.01. The van der Waals surface area contributed by atoms with Crippen LogP contribution in [0.4, 0.5) is 11.4 Å². The van der Waals surface area contributed by atoms with Gasteiger partial charge in [0.2, 0.25) is 11.8 Å². The van der Waals surface area contributed by atoms with E-state index < -0.39 is 5.41 Å².